The summed E-state index contributed by atoms with van der Waals surface area (Å²) in [6.45, 7) is -3.34. The molecule has 1 aromatic carbocycles. The van der Waals surface area contributed by atoms with Crippen molar-refractivity contribution in [3.05, 3.63) is 35.9 Å². The molecule has 114 valence electrons. The normalized spacial score (nSPS) is 14.7. The number of esters is 1. The topological polar surface area (TPSA) is 91.6 Å². The van der Waals surface area contributed by atoms with Crippen LogP contribution in [0, 0.1) is 11.3 Å². The second-order valence-electron chi connectivity index (χ2n) is 4.16. The van der Waals surface area contributed by atoms with E-state index in [1.165, 1.54) is 7.11 Å². The predicted octanol–water partition coefficient (Wildman–Crippen LogP) is 1.51. The van der Waals surface area contributed by atoms with E-state index in [0.717, 1.165) is 5.56 Å². The molecule has 0 aliphatic rings. The molecule has 2 unspecified atom stereocenters. The van der Waals surface area contributed by atoms with Gasteiger partial charge in [-0.2, -0.15) is 5.26 Å². The zero-order chi connectivity index (χ0) is 15.7. The van der Waals surface area contributed by atoms with Crippen LogP contribution in [0.25, 0.3) is 0 Å². The molecule has 0 saturated carbocycles. The maximum atomic E-state index is 11.8. The van der Waals surface area contributed by atoms with Crippen molar-refractivity contribution < 1.29 is 18.9 Å². The molecule has 8 heteroatoms. The third-order valence-corrected chi connectivity index (χ3v) is 4.37. The number of carbonyl (C=O) groups excluding carboxylic acids is 1. The van der Waals surface area contributed by atoms with Crippen LogP contribution >= 0.6 is 6.64 Å². The summed E-state index contributed by atoms with van der Waals surface area (Å²) >= 11 is 4.93. The molecule has 0 aromatic heterocycles. The number of nitrogens with one attached hydrogen (secondary N) is 1. The smallest absolute Gasteiger partial charge is 0.323 e. The van der Waals surface area contributed by atoms with Crippen molar-refractivity contribution in [3.63, 3.8) is 0 Å². The molecule has 0 bridgehead atoms. The van der Waals surface area contributed by atoms with E-state index in [9.17, 15) is 9.69 Å². The fraction of sp³-hybridized carbons (Fsp3) is 0.385. The van der Waals surface area contributed by atoms with Crippen molar-refractivity contribution in [2.24, 2.45) is 0 Å². The molecule has 0 fully saturated rings. The average molecular weight is 328 g/mol. The Morgan fingerprint density at radius 3 is 2.76 bits per heavy atom. The van der Waals surface area contributed by atoms with Crippen LogP contribution in [0.2, 0.25) is 0 Å². The van der Waals surface area contributed by atoms with Gasteiger partial charge in [-0.1, -0.05) is 30.3 Å². The maximum Gasteiger partial charge on any atom is 0.323 e. The molecule has 0 amide bonds. The highest BCUT2D eigenvalue weighted by atomic mass is 32.5. The predicted molar refractivity (Wildman–Crippen MR) is 81.8 cm³/mol. The number of nitrogens with zero attached hydrogens (tertiary/aromatic N) is 1. The number of rotatable bonds is 8. The van der Waals surface area contributed by atoms with Crippen molar-refractivity contribution >= 4 is 24.4 Å². The molecule has 6 nitrogen and oxygen atoms in total. The van der Waals surface area contributed by atoms with Crippen molar-refractivity contribution in [1.82, 2.24) is 5.09 Å². The van der Waals surface area contributed by atoms with E-state index in [-0.39, 0.29) is 13.0 Å². The van der Waals surface area contributed by atoms with Crippen LogP contribution in [0.1, 0.15) is 12.0 Å². The second kappa shape index (κ2) is 8.88. The van der Waals surface area contributed by atoms with Gasteiger partial charge in [0.25, 0.3) is 6.64 Å². The summed E-state index contributed by atoms with van der Waals surface area (Å²) in [5, 5.41) is 11.1. The molecule has 1 aromatic rings. The highest BCUT2D eigenvalue weighted by Gasteiger charge is 2.26. The Morgan fingerprint density at radius 1 is 1.52 bits per heavy atom. The Labute approximate surface area is 128 Å². The summed E-state index contributed by atoms with van der Waals surface area (Å²) in [5.41, 5.74) is 0.896. The SMILES string of the molecule is COC(=O)C(Cc1ccccc1)NP(O)(=S)OCCC#N. The number of hydrogen-bond donors (Lipinski definition) is 2. The van der Waals surface area contributed by atoms with Crippen LogP contribution in [-0.4, -0.2) is 30.6 Å². The molecule has 21 heavy (non-hydrogen) atoms. The van der Waals surface area contributed by atoms with Gasteiger partial charge in [0.2, 0.25) is 0 Å². The molecule has 2 atom stereocenters. The van der Waals surface area contributed by atoms with E-state index in [0.29, 0.717) is 6.42 Å². The van der Waals surface area contributed by atoms with Crippen molar-refractivity contribution in [2.75, 3.05) is 13.7 Å². The number of nitriles is 1. The first-order valence-corrected chi connectivity index (χ1v) is 8.89. The molecule has 0 saturated heterocycles. The second-order valence-corrected chi connectivity index (χ2v) is 7.20. The molecule has 0 spiro atoms. The van der Waals surface area contributed by atoms with Crippen LogP contribution in [0.15, 0.2) is 30.3 Å². The highest BCUT2D eigenvalue weighted by Crippen LogP contribution is 2.38. The van der Waals surface area contributed by atoms with E-state index in [1.807, 2.05) is 36.4 Å². The van der Waals surface area contributed by atoms with Gasteiger partial charge in [-0.15, -0.1) is 0 Å². The lowest BCUT2D eigenvalue weighted by Gasteiger charge is -2.22. The summed E-state index contributed by atoms with van der Waals surface area (Å²) in [4.78, 5) is 21.8. The Bertz CT molecular complexity index is 547. The highest BCUT2D eigenvalue weighted by molar-refractivity contribution is 8.08. The standard InChI is InChI=1S/C13H17N2O4PS/c1-18-13(16)12(10-11-6-3-2-4-7-11)15-20(17,21)19-9-5-8-14/h2-4,6-7,12H,5,9-10H2,1H3,(H2,15,17,21). The zero-order valence-electron chi connectivity index (χ0n) is 11.6. The largest absolute Gasteiger partial charge is 0.468 e. The number of ether oxygens (including phenoxy) is 1. The van der Waals surface area contributed by atoms with Crippen molar-refractivity contribution in [3.8, 4) is 6.07 Å². The van der Waals surface area contributed by atoms with Gasteiger partial charge in [0.05, 0.1) is 26.2 Å². The Balaban J connectivity index is 2.72. The number of benzene rings is 1. The molecule has 1 rings (SSSR count). The minimum Gasteiger partial charge on any atom is -0.468 e. The summed E-state index contributed by atoms with van der Waals surface area (Å²) in [7, 11) is 1.26. The average Bonchev–Trinajstić information content (AvgIpc) is 2.46. The third-order valence-electron chi connectivity index (χ3n) is 2.57. The van der Waals surface area contributed by atoms with Gasteiger partial charge in [0.1, 0.15) is 6.04 Å². The summed E-state index contributed by atoms with van der Waals surface area (Å²) < 4.78 is 9.78. The van der Waals surface area contributed by atoms with Gasteiger partial charge in [-0.05, 0) is 23.8 Å². The number of hydrogen-bond acceptors (Lipinski definition) is 5. The molecule has 0 heterocycles. The number of carbonyl (C=O) groups is 1. The summed E-state index contributed by atoms with van der Waals surface area (Å²) in [6, 6.07) is 10.4. The van der Waals surface area contributed by atoms with Gasteiger partial charge >= 0.3 is 5.97 Å². The maximum absolute atomic E-state index is 11.8. The Kier molecular flexibility index (Phi) is 7.51. The fourth-order valence-electron chi connectivity index (χ4n) is 1.62. The van der Waals surface area contributed by atoms with Gasteiger partial charge in [0.15, 0.2) is 0 Å². The first-order chi connectivity index (χ1) is 9.98. The third kappa shape index (κ3) is 6.80. The number of methoxy groups -OCH3 is 1. The zero-order valence-corrected chi connectivity index (χ0v) is 13.3. The summed E-state index contributed by atoms with van der Waals surface area (Å²) in [6.07, 6.45) is 0.427. The monoisotopic (exact) mass is 328 g/mol. The lowest BCUT2D eigenvalue weighted by molar-refractivity contribution is -0.142. The van der Waals surface area contributed by atoms with Gasteiger partial charge in [-0.25, -0.2) is 5.09 Å². The van der Waals surface area contributed by atoms with Gasteiger partial charge < -0.3 is 14.2 Å². The molecule has 0 aliphatic heterocycles. The first-order valence-electron chi connectivity index (χ1n) is 6.22. The fourth-order valence-corrected chi connectivity index (χ4v) is 3.23. The minimum atomic E-state index is -3.35. The van der Waals surface area contributed by atoms with Crippen LogP contribution in [0.5, 0.6) is 0 Å². The van der Waals surface area contributed by atoms with E-state index in [4.69, 9.17) is 26.3 Å². The van der Waals surface area contributed by atoms with E-state index in [2.05, 4.69) is 5.09 Å². The molecule has 2 N–H and O–H groups in total. The quantitative estimate of drug-likeness (QED) is 0.424. The van der Waals surface area contributed by atoms with Crippen LogP contribution in [-0.2, 0) is 32.3 Å². The van der Waals surface area contributed by atoms with Crippen LogP contribution in [0.4, 0.5) is 0 Å². The summed E-state index contributed by atoms with van der Waals surface area (Å²) in [5.74, 6) is -0.536. The molecular weight excluding hydrogens is 311 g/mol. The van der Waals surface area contributed by atoms with E-state index < -0.39 is 18.7 Å². The lowest BCUT2D eigenvalue weighted by atomic mass is 10.1. The van der Waals surface area contributed by atoms with Crippen molar-refractivity contribution in [2.45, 2.75) is 18.9 Å². The van der Waals surface area contributed by atoms with E-state index >= 15 is 0 Å². The lowest BCUT2D eigenvalue weighted by Crippen LogP contribution is -2.37. The Hall–Kier alpha value is -1.29. The van der Waals surface area contributed by atoms with Crippen LogP contribution < -0.4 is 5.09 Å². The molecule has 0 radical (unpaired) electrons. The van der Waals surface area contributed by atoms with Crippen molar-refractivity contribution in [1.29, 1.82) is 5.26 Å². The van der Waals surface area contributed by atoms with Crippen LogP contribution in [0.3, 0.4) is 0 Å². The Morgan fingerprint density at radius 2 is 2.19 bits per heavy atom. The van der Waals surface area contributed by atoms with Gasteiger partial charge in [0, 0.05) is 0 Å². The minimum absolute atomic E-state index is 0.0104. The van der Waals surface area contributed by atoms with E-state index in [1.54, 1.807) is 0 Å². The molecular formula is C13H17N2O4PS. The first kappa shape index (κ1) is 17.8. The van der Waals surface area contributed by atoms with Gasteiger partial charge in [-0.3, -0.25) is 4.79 Å². The molecule has 0 aliphatic carbocycles.